The summed E-state index contributed by atoms with van der Waals surface area (Å²) >= 11 is 3.28. The van der Waals surface area contributed by atoms with Gasteiger partial charge in [-0.15, -0.1) is 0 Å². The maximum atomic E-state index is 12.1. The number of piperidine rings is 1. The van der Waals surface area contributed by atoms with Gasteiger partial charge in [0.2, 0.25) is 5.91 Å². The largest absolute Gasteiger partial charge is 0.352 e. The van der Waals surface area contributed by atoms with Gasteiger partial charge in [0.25, 0.3) is 5.69 Å². The van der Waals surface area contributed by atoms with E-state index >= 15 is 0 Å². The van der Waals surface area contributed by atoms with Crippen molar-refractivity contribution >= 4 is 27.5 Å². The van der Waals surface area contributed by atoms with Gasteiger partial charge in [0.1, 0.15) is 0 Å². The number of rotatable bonds is 4. The molecule has 1 aliphatic rings. The van der Waals surface area contributed by atoms with Crippen LogP contribution in [-0.4, -0.2) is 29.5 Å². The number of nitrogens with zero attached hydrogens (tertiary/aromatic N) is 1. The van der Waals surface area contributed by atoms with Crippen molar-refractivity contribution in [3.63, 3.8) is 0 Å². The molecule has 1 saturated heterocycles. The highest BCUT2D eigenvalue weighted by atomic mass is 79.9. The second-order valence-electron chi connectivity index (χ2n) is 5.27. The second-order valence-corrected chi connectivity index (χ2v) is 6.12. The van der Waals surface area contributed by atoms with Crippen LogP contribution in [0.2, 0.25) is 0 Å². The monoisotopic (exact) mass is 355 g/mol. The maximum absolute atomic E-state index is 12.1. The third-order valence-corrected chi connectivity index (χ3v) is 4.44. The van der Waals surface area contributed by atoms with Gasteiger partial charge in [-0.1, -0.05) is 22.0 Å². The number of non-ortho nitro benzene ring substituents is 1. The molecule has 2 N–H and O–H groups in total. The SMILES string of the molecule is CC1NCCCC1NC(=O)Cc1ccc([N+](=O)[O-])cc1Br. The molecule has 0 saturated carbocycles. The van der Waals surface area contributed by atoms with Crippen LogP contribution in [0, 0.1) is 10.1 Å². The standard InChI is InChI=1S/C14H18BrN3O3/c1-9-13(3-2-6-16-9)17-14(19)7-10-4-5-11(18(20)21)8-12(10)15/h4-5,8-9,13,16H,2-3,6-7H2,1H3,(H,17,19). The Morgan fingerprint density at radius 1 is 1.57 bits per heavy atom. The fourth-order valence-electron chi connectivity index (χ4n) is 2.47. The molecule has 0 aromatic heterocycles. The number of amides is 1. The highest BCUT2D eigenvalue weighted by Crippen LogP contribution is 2.23. The molecule has 1 amide bonds. The van der Waals surface area contributed by atoms with Gasteiger partial charge in [0, 0.05) is 28.7 Å². The molecule has 0 bridgehead atoms. The first-order valence-corrected chi connectivity index (χ1v) is 7.72. The average molecular weight is 356 g/mol. The number of benzene rings is 1. The Bertz CT molecular complexity index is 550. The van der Waals surface area contributed by atoms with Gasteiger partial charge < -0.3 is 10.6 Å². The Hall–Kier alpha value is -1.47. The van der Waals surface area contributed by atoms with Crippen molar-refractivity contribution in [1.82, 2.24) is 10.6 Å². The Kier molecular flexibility index (Phi) is 5.30. The minimum absolute atomic E-state index is 0.0103. The third-order valence-electron chi connectivity index (χ3n) is 3.71. The first-order valence-electron chi connectivity index (χ1n) is 6.93. The number of carbonyl (C=O) groups excluding carboxylic acids is 1. The van der Waals surface area contributed by atoms with E-state index in [4.69, 9.17) is 0 Å². The number of nitro groups is 1. The van der Waals surface area contributed by atoms with Gasteiger partial charge in [0.05, 0.1) is 11.3 Å². The number of halogens is 1. The lowest BCUT2D eigenvalue weighted by atomic mass is 9.99. The summed E-state index contributed by atoms with van der Waals surface area (Å²) in [5.41, 5.74) is 0.755. The fraction of sp³-hybridized carbons (Fsp3) is 0.500. The van der Waals surface area contributed by atoms with Crippen LogP contribution in [0.1, 0.15) is 25.3 Å². The summed E-state index contributed by atoms with van der Waals surface area (Å²) in [5.74, 6) is -0.0647. The molecule has 2 atom stereocenters. The molecule has 1 aromatic rings. The zero-order valence-electron chi connectivity index (χ0n) is 11.8. The van der Waals surface area contributed by atoms with Crippen LogP contribution >= 0.6 is 15.9 Å². The predicted octanol–water partition coefficient (Wildman–Crippen LogP) is 2.16. The molecular weight excluding hydrogens is 338 g/mol. The number of hydrogen-bond acceptors (Lipinski definition) is 4. The lowest BCUT2D eigenvalue weighted by molar-refractivity contribution is -0.384. The fourth-order valence-corrected chi connectivity index (χ4v) is 2.97. The van der Waals surface area contributed by atoms with Crippen LogP contribution in [0.25, 0.3) is 0 Å². The van der Waals surface area contributed by atoms with E-state index in [0.717, 1.165) is 24.9 Å². The Morgan fingerprint density at radius 2 is 2.33 bits per heavy atom. The third kappa shape index (κ3) is 4.25. The zero-order valence-corrected chi connectivity index (χ0v) is 13.4. The molecule has 0 radical (unpaired) electrons. The molecule has 1 aliphatic heterocycles. The van der Waals surface area contributed by atoms with Gasteiger partial charge in [0.15, 0.2) is 0 Å². The van der Waals surface area contributed by atoms with Gasteiger partial charge in [-0.25, -0.2) is 0 Å². The Morgan fingerprint density at radius 3 is 2.95 bits per heavy atom. The van der Waals surface area contributed by atoms with E-state index in [2.05, 4.69) is 33.5 Å². The minimum Gasteiger partial charge on any atom is -0.352 e. The molecule has 2 rings (SSSR count). The topological polar surface area (TPSA) is 84.3 Å². The van der Waals surface area contributed by atoms with E-state index in [1.165, 1.54) is 12.1 Å². The molecule has 0 spiro atoms. The Labute approximate surface area is 131 Å². The van der Waals surface area contributed by atoms with E-state index < -0.39 is 4.92 Å². The summed E-state index contributed by atoms with van der Waals surface area (Å²) in [6, 6.07) is 4.86. The van der Waals surface area contributed by atoms with Crippen molar-refractivity contribution in [2.24, 2.45) is 0 Å². The van der Waals surface area contributed by atoms with E-state index in [9.17, 15) is 14.9 Å². The molecule has 2 unspecified atom stereocenters. The summed E-state index contributed by atoms with van der Waals surface area (Å²) in [6.45, 7) is 3.05. The molecule has 1 heterocycles. The van der Waals surface area contributed by atoms with Gasteiger partial charge in [-0.3, -0.25) is 14.9 Å². The smallest absolute Gasteiger partial charge is 0.270 e. The summed E-state index contributed by atoms with van der Waals surface area (Å²) in [7, 11) is 0. The zero-order chi connectivity index (χ0) is 15.4. The molecule has 7 heteroatoms. The summed E-state index contributed by atoms with van der Waals surface area (Å²) < 4.78 is 0.585. The van der Waals surface area contributed by atoms with E-state index in [0.29, 0.717) is 4.47 Å². The molecule has 21 heavy (non-hydrogen) atoms. The summed E-state index contributed by atoms with van der Waals surface area (Å²) in [5, 5.41) is 17.0. The molecular formula is C14H18BrN3O3. The van der Waals surface area contributed by atoms with Gasteiger partial charge in [-0.05, 0) is 31.9 Å². The van der Waals surface area contributed by atoms with Gasteiger partial charge in [-0.2, -0.15) is 0 Å². The highest BCUT2D eigenvalue weighted by Gasteiger charge is 2.22. The van der Waals surface area contributed by atoms with Crippen molar-refractivity contribution in [2.75, 3.05) is 6.54 Å². The lowest BCUT2D eigenvalue weighted by Gasteiger charge is -2.30. The summed E-state index contributed by atoms with van der Waals surface area (Å²) in [6.07, 6.45) is 2.24. The van der Waals surface area contributed by atoms with Crippen LogP contribution in [0.4, 0.5) is 5.69 Å². The normalized spacial score (nSPS) is 21.8. The number of hydrogen-bond donors (Lipinski definition) is 2. The maximum Gasteiger partial charge on any atom is 0.270 e. The van der Waals surface area contributed by atoms with Crippen molar-refractivity contribution in [3.05, 3.63) is 38.3 Å². The molecule has 1 fully saturated rings. The van der Waals surface area contributed by atoms with E-state index in [-0.39, 0.29) is 30.1 Å². The van der Waals surface area contributed by atoms with Gasteiger partial charge >= 0.3 is 0 Å². The van der Waals surface area contributed by atoms with E-state index in [1.807, 2.05) is 0 Å². The number of nitro benzene ring substituents is 1. The molecule has 114 valence electrons. The lowest BCUT2D eigenvalue weighted by Crippen LogP contribution is -2.52. The number of nitrogens with one attached hydrogen (secondary N) is 2. The second kappa shape index (κ2) is 7.00. The summed E-state index contributed by atoms with van der Waals surface area (Å²) in [4.78, 5) is 22.3. The average Bonchev–Trinajstić information content (AvgIpc) is 2.43. The molecule has 0 aliphatic carbocycles. The van der Waals surface area contributed by atoms with Crippen LogP contribution in [0.5, 0.6) is 0 Å². The first kappa shape index (κ1) is 15.9. The molecule has 1 aromatic carbocycles. The van der Waals surface area contributed by atoms with Crippen molar-refractivity contribution in [1.29, 1.82) is 0 Å². The Balaban J connectivity index is 1.97. The van der Waals surface area contributed by atoms with E-state index in [1.54, 1.807) is 6.07 Å². The van der Waals surface area contributed by atoms with Crippen LogP contribution in [0.3, 0.4) is 0 Å². The first-order chi connectivity index (χ1) is 9.97. The number of carbonyl (C=O) groups is 1. The highest BCUT2D eigenvalue weighted by molar-refractivity contribution is 9.10. The molecule has 6 nitrogen and oxygen atoms in total. The minimum atomic E-state index is -0.454. The van der Waals surface area contributed by atoms with Crippen LogP contribution < -0.4 is 10.6 Å². The predicted molar refractivity (Wildman–Crippen MR) is 83.1 cm³/mol. The quantitative estimate of drug-likeness (QED) is 0.640. The van der Waals surface area contributed by atoms with Crippen molar-refractivity contribution in [3.8, 4) is 0 Å². The van der Waals surface area contributed by atoms with Crippen LogP contribution in [0.15, 0.2) is 22.7 Å². The van der Waals surface area contributed by atoms with Crippen molar-refractivity contribution < 1.29 is 9.72 Å². The van der Waals surface area contributed by atoms with Crippen molar-refractivity contribution in [2.45, 2.75) is 38.3 Å². The van der Waals surface area contributed by atoms with Crippen LogP contribution in [-0.2, 0) is 11.2 Å².